The van der Waals surface area contributed by atoms with E-state index in [1.807, 2.05) is 30.5 Å². The first-order valence-electron chi connectivity index (χ1n) is 6.81. The number of benzene rings is 2. The number of hydrogen-bond acceptors (Lipinski definition) is 3. The molecule has 0 heterocycles. The van der Waals surface area contributed by atoms with Gasteiger partial charge in [-0.15, -0.1) is 11.8 Å². The molecule has 0 aliphatic rings. The second-order valence-corrected chi connectivity index (χ2v) is 6.57. The Morgan fingerprint density at radius 1 is 1.09 bits per heavy atom. The summed E-state index contributed by atoms with van der Waals surface area (Å²) in [5.41, 5.74) is -0.248. The lowest BCUT2D eigenvalue weighted by atomic mass is 10.1. The molecular weight excluding hydrogens is 318 g/mol. The van der Waals surface area contributed by atoms with Crippen LogP contribution < -0.4 is 10.1 Å². The molecular formula is C17H18ClNO2S. The van der Waals surface area contributed by atoms with Gasteiger partial charge in [-0.1, -0.05) is 11.6 Å². The van der Waals surface area contributed by atoms with Crippen molar-refractivity contribution < 1.29 is 9.53 Å². The molecule has 2 aromatic carbocycles. The number of rotatable bonds is 5. The fourth-order valence-corrected chi connectivity index (χ4v) is 2.33. The Balaban J connectivity index is 2.04. The quantitative estimate of drug-likeness (QED) is 0.793. The van der Waals surface area contributed by atoms with Gasteiger partial charge < -0.3 is 10.1 Å². The van der Waals surface area contributed by atoms with Crippen LogP contribution in [0.25, 0.3) is 0 Å². The van der Waals surface area contributed by atoms with Crippen LogP contribution in [-0.4, -0.2) is 17.8 Å². The smallest absolute Gasteiger partial charge is 0.267 e. The van der Waals surface area contributed by atoms with Crippen LogP contribution in [0.15, 0.2) is 53.4 Å². The molecule has 1 amide bonds. The molecule has 22 heavy (non-hydrogen) atoms. The van der Waals surface area contributed by atoms with E-state index in [1.165, 1.54) is 0 Å². The van der Waals surface area contributed by atoms with Crippen molar-refractivity contribution in [3.8, 4) is 5.75 Å². The van der Waals surface area contributed by atoms with Crippen LogP contribution in [0, 0.1) is 0 Å². The zero-order chi connectivity index (χ0) is 16.2. The van der Waals surface area contributed by atoms with Gasteiger partial charge in [-0.25, -0.2) is 0 Å². The van der Waals surface area contributed by atoms with Gasteiger partial charge in [0.25, 0.3) is 5.91 Å². The van der Waals surface area contributed by atoms with Crippen molar-refractivity contribution in [3.63, 3.8) is 0 Å². The molecule has 0 aromatic heterocycles. The van der Waals surface area contributed by atoms with E-state index < -0.39 is 5.60 Å². The van der Waals surface area contributed by atoms with Crippen molar-refractivity contribution in [2.24, 2.45) is 0 Å². The highest BCUT2D eigenvalue weighted by atomic mass is 35.5. The standard InChI is InChI=1S/C17H18ClNO2S/c1-17(2,21-14-8-4-12(18)5-9-14)16(20)19-13-6-10-15(22-3)11-7-13/h4-11H,1-3H3,(H,19,20). The van der Waals surface area contributed by atoms with E-state index in [4.69, 9.17) is 16.3 Å². The van der Waals surface area contributed by atoms with Crippen molar-refractivity contribution >= 4 is 35.0 Å². The Morgan fingerprint density at radius 3 is 2.23 bits per heavy atom. The minimum Gasteiger partial charge on any atom is -0.478 e. The van der Waals surface area contributed by atoms with Gasteiger partial charge in [0, 0.05) is 15.6 Å². The summed E-state index contributed by atoms with van der Waals surface area (Å²) >= 11 is 7.50. The molecule has 0 fully saturated rings. The molecule has 0 saturated heterocycles. The van der Waals surface area contributed by atoms with Crippen molar-refractivity contribution in [1.82, 2.24) is 0 Å². The van der Waals surface area contributed by atoms with Crippen LogP contribution in [0.2, 0.25) is 5.02 Å². The number of thioether (sulfide) groups is 1. The third-order valence-electron chi connectivity index (χ3n) is 3.08. The normalized spacial score (nSPS) is 11.1. The van der Waals surface area contributed by atoms with Crippen molar-refractivity contribution in [2.75, 3.05) is 11.6 Å². The van der Waals surface area contributed by atoms with Crippen LogP contribution in [0.1, 0.15) is 13.8 Å². The average molecular weight is 336 g/mol. The second-order valence-electron chi connectivity index (χ2n) is 5.25. The van der Waals surface area contributed by atoms with E-state index in [0.29, 0.717) is 10.8 Å². The van der Waals surface area contributed by atoms with Crippen molar-refractivity contribution in [2.45, 2.75) is 24.3 Å². The SMILES string of the molecule is CSc1ccc(NC(=O)C(C)(C)Oc2ccc(Cl)cc2)cc1. The molecule has 0 saturated carbocycles. The van der Waals surface area contributed by atoms with Gasteiger partial charge in [-0.2, -0.15) is 0 Å². The molecule has 0 unspecified atom stereocenters. The highest BCUT2D eigenvalue weighted by Gasteiger charge is 2.30. The molecule has 0 atom stereocenters. The van der Waals surface area contributed by atoms with E-state index in [-0.39, 0.29) is 5.91 Å². The van der Waals surface area contributed by atoms with Crippen molar-refractivity contribution in [3.05, 3.63) is 53.6 Å². The summed E-state index contributed by atoms with van der Waals surface area (Å²) < 4.78 is 5.76. The summed E-state index contributed by atoms with van der Waals surface area (Å²) in [6, 6.07) is 14.6. The highest BCUT2D eigenvalue weighted by Crippen LogP contribution is 2.23. The topological polar surface area (TPSA) is 38.3 Å². The minimum absolute atomic E-state index is 0.209. The monoisotopic (exact) mass is 335 g/mol. The number of ether oxygens (including phenoxy) is 1. The average Bonchev–Trinajstić information content (AvgIpc) is 2.50. The molecule has 2 rings (SSSR count). The number of carbonyl (C=O) groups is 1. The van der Waals surface area contributed by atoms with Gasteiger partial charge in [-0.05, 0) is 68.6 Å². The number of nitrogens with one attached hydrogen (secondary N) is 1. The molecule has 0 aliphatic carbocycles. The van der Waals surface area contributed by atoms with E-state index in [1.54, 1.807) is 49.9 Å². The van der Waals surface area contributed by atoms with Crippen molar-refractivity contribution in [1.29, 1.82) is 0 Å². The number of amides is 1. The third kappa shape index (κ3) is 4.42. The Bertz CT molecular complexity index is 639. The van der Waals surface area contributed by atoms with E-state index in [0.717, 1.165) is 10.6 Å². The van der Waals surface area contributed by atoms with Gasteiger partial charge in [-0.3, -0.25) is 4.79 Å². The van der Waals surface area contributed by atoms with Gasteiger partial charge in [0.1, 0.15) is 5.75 Å². The van der Waals surface area contributed by atoms with Gasteiger partial charge in [0.15, 0.2) is 5.60 Å². The summed E-state index contributed by atoms with van der Waals surface area (Å²) in [4.78, 5) is 13.5. The lowest BCUT2D eigenvalue weighted by Crippen LogP contribution is -2.42. The Labute approximate surface area is 140 Å². The lowest BCUT2D eigenvalue weighted by molar-refractivity contribution is -0.128. The number of hydrogen-bond donors (Lipinski definition) is 1. The van der Waals surface area contributed by atoms with Gasteiger partial charge in [0.2, 0.25) is 0 Å². The molecule has 5 heteroatoms. The Morgan fingerprint density at radius 2 is 1.68 bits per heavy atom. The summed E-state index contributed by atoms with van der Waals surface area (Å²) in [5.74, 6) is 0.390. The molecule has 2 aromatic rings. The molecule has 1 N–H and O–H groups in total. The molecule has 0 bridgehead atoms. The van der Waals surface area contributed by atoms with Crippen LogP contribution in [-0.2, 0) is 4.79 Å². The molecule has 0 aliphatic heterocycles. The maximum atomic E-state index is 12.4. The summed E-state index contributed by atoms with van der Waals surface area (Å²) in [5, 5.41) is 3.49. The zero-order valence-electron chi connectivity index (χ0n) is 12.7. The minimum atomic E-state index is -0.994. The maximum Gasteiger partial charge on any atom is 0.267 e. The molecule has 0 spiro atoms. The predicted octanol–water partition coefficient (Wildman–Crippen LogP) is 4.86. The molecule has 116 valence electrons. The first-order chi connectivity index (χ1) is 10.4. The summed E-state index contributed by atoms with van der Waals surface area (Å²) in [7, 11) is 0. The second kappa shape index (κ2) is 7.07. The Kier molecular flexibility index (Phi) is 5.37. The number of halogens is 1. The van der Waals surface area contributed by atoms with Crippen LogP contribution in [0.4, 0.5) is 5.69 Å². The zero-order valence-corrected chi connectivity index (χ0v) is 14.3. The fraction of sp³-hybridized carbons (Fsp3) is 0.235. The lowest BCUT2D eigenvalue weighted by Gasteiger charge is -2.25. The highest BCUT2D eigenvalue weighted by molar-refractivity contribution is 7.98. The Hall–Kier alpha value is -1.65. The molecule has 3 nitrogen and oxygen atoms in total. The number of anilines is 1. The largest absolute Gasteiger partial charge is 0.478 e. The summed E-state index contributed by atoms with van der Waals surface area (Å²) in [6.45, 7) is 3.46. The van der Waals surface area contributed by atoms with E-state index in [2.05, 4.69) is 5.32 Å². The number of carbonyl (C=O) groups excluding carboxylic acids is 1. The first-order valence-corrected chi connectivity index (χ1v) is 8.41. The van der Waals surface area contributed by atoms with Gasteiger partial charge in [0.05, 0.1) is 0 Å². The van der Waals surface area contributed by atoms with Crippen LogP contribution in [0.3, 0.4) is 0 Å². The fourth-order valence-electron chi connectivity index (χ4n) is 1.80. The van der Waals surface area contributed by atoms with Crippen LogP contribution in [0.5, 0.6) is 5.75 Å². The van der Waals surface area contributed by atoms with E-state index >= 15 is 0 Å². The van der Waals surface area contributed by atoms with Crippen LogP contribution >= 0.6 is 23.4 Å². The van der Waals surface area contributed by atoms with E-state index in [9.17, 15) is 4.79 Å². The summed E-state index contributed by atoms with van der Waals surface area (Å²) in [6.07, 6.45) is 2.01. The maximum absolute atomic E-state index is 12.4. The predicted molar refractivity (Wildman–Crippen MR) is 93.0 cm³/mol. The van der Waals surface area contributed by atoms with Gasteiger partial charge >= 0.3 is 0 Å². The third-order valence-corrected chi connectivity index (χ3v) is 4.08. The molecule has 0 radical (unpaired) electrons. The first kappa shape index (κ1) is 16.7.